The van der Waals surface area contributed by atoms with Gasteiger partial charge in [-0.3, -0.25) is 14.6 Å². The van der Waals surface area contributed by atoms with Crippen molar-refractivity contribution < 1.29 is 23.4 Å². The van der Waals surface area contributed by atoms with Gasteiger partial charge in [-0.2, -0.15) is 4.98 Å². The Bertz CT molecular complexity index is 889. The predicted octanol–water partition coefficient (Wildman–Crippen LogP) is 1.54. The second kappa shape index (κ2) is 8.01. The molecule has 0 unspecified atom stereocenters. The molecule has 0 aromatic carbocycles. The number of hydrogen-bond donors (Lipinski definition) is 1. The molecule has 0 spiro atoms. The van der Waals surface area contributed by atoms with Crippen LogP contribution >= 0.6 is 0 Å². The molecule has 0 aliphatic carbocycles. The third-order valence-electron chi connectivity index (χ3n) is 3.16. The molecule has 0 radical (unpaired) electrons. The summed E-state index contributed by atoms with van der Waals surface area (Å²) in [6.45, 7) is 1.27. The number of nitrogens with zero attached hydrogens (tertiary/aromatic N) is 4. The van der Waals surface area contributed by atoms with E-state index in [-0.39, 0.29) is 24.6 Å². The van der Waals surface area contributed by atoms with Gasteiger partial charge < -0.3 is 19.1 Å². The van der Waals surface area contributed by atoms with E-state index in [0.29, 0.717) is 17.3 Å². The van der Waals surface area contributed by atoms with E-state index >= 15 is 0 Å². The second-order valence-electron chi connectivity index (χ2n) is 5.26. The zero-order chi connectivity index (χ0) is 18.4. The van der Waals surface area contributed by atoms with Crippen LogP contribution in [0.5, 0.6) is 0 Å². The van der Waals surface area contributed by atoms with Gasteiger partial charge >= 0.3 is 5.97 Å². The highest BCUT2D eigenvalue weighted by Crippen LogP contribution is 2.13. The molecule has 1 N–H and O–H groups in total. The molecule has 26 heavy (non-hydrogen) atoms. The van der Waals surface area contributed by atoms with Crippen molar-refractivity contribution in [2.45, 2.75) is 19.8 Å². The van der Waals surface area contributed by atoms with Gasteiger partial charge in [0.1, 0.15) is 11.5 Å². The fourth-order valence-electron chi connectivity index (χ4n) is 1.99. The minimum atomic E-state index is -0.561. The summed E-state index contributed by atoms with van der Waals surface area (Å²) in [5.74, 6) is 0.371. The maximum absolute atomic E-state index is 11.7. The predicted molar refractivity (Wildman–Crippen MR) is 86.7 cm³/mol. The van der Waals surface area contributed by atoms with Crippen molar-refractivity contribution in [2.75, 3.05) is 11.9 Å². The first-order chi connectivity index (χ1) is 12.6. The van der Waals surface area contributed by atoms with Crippen molar-refractivity contribution in [3.05, 3.63) is 42.1 Å². The van der Waals surface area contributed by atoms with E-state index in [9.17, 15) is 9.59 Å². The van der Waals surface area contributed by atoms with Crippen LogP contribution in [0.3, 0.4) is 0 Å². The molecule has 10 heteroatoms. The van der Waals surface area contributed by atoms with Gasteiger partial charge in [0.25, 0.3) is 5.91 Å². The van der Waals surface area contributed by atoms with Crippen LogP contribution in [0.25, 0.3) is 11.5 Å². The van der Waals surface area contributed by atoms with Crippen LogP contribution in [0.1, 0.15) is 18.1 Å². The molecular formula is C16H15N5O5. The summed E-state index contributed by atoms with van der Waals surface area (Å²) in [7, 11) is 0. The van der Waals surface area contributed by atoms with Crippen molar-refractivity contribution >= 4 is 17.7 Å². The van der Waals surface area contributed by atoms with Crippen LogP contribution in [-0.4, -0.2) is 38.8 Å². The number of carbonyl (C=O) groups is 2. The lowest BCUT2D eigenvalue weighted by molar-refractivity contribution is -0.147. The van der Waals surface area contributed by atoms with E-state index in [0.717, 1.165) is 0 Å². The van der Waals surface area contributed by atoms with Crippen LogP contribution in [0, 0.1) is 6.92 Å². The monoisotopic (exact) mass is 357 g/mol. The average Bonchev–Trinajstić information content (AvgIpc) is 3.28. The smallest absolute Gasteiger partial charge is 0.306 e. The number of anilines is 1. The molecular weight excluding hydrogens is 342 g/mol. The van der Waals surface area contributed by atoms with Gasteiger partial charge in [-0.1, -0.05) is 16.4 Å². The van der Waals surface area contributed by atoms with Gasteiger partial charge in [-0.05, 0) is 19.1 Å². The van der Waals surface area contributed by atoms with E-state index in [1.54, 1.807) is 37.4 Å². The Morgan fingerprint density at radius 3 is 2.85 bits per heavy atom. The number of ether oxygens (including phenoxy) is 1. The fraction of sp³-hybridized carbons (Fsp3) is 0.250. The normalized spacial score (nSPS) is 10.5. The highest BCUT2D eigenvalue weighted by atomic mass is 16.5. The van der Waals surface area contributed by atoms with Crippen LogP contribution in [0.2, 0.25) is 0 Å². The number of pyridine rings is 1. The number of esters is 1. The maximum Gasteiger partial charge on any atom is 0.306 e. The molecule has 3 aromatic heterocycles. The molecule has 0 bridgehead atoms. The molecule has 3 heterocycles. The van der Waals surface area contributed by atoms with E-state index < -0.39 is 18.5 Å². The first kappa shape index (κ1) is 17.3. The molecule has 1 amide bonds. The summed E-state index contributed by atoms with van der Waals surface area (Å²) >= 11 is 0. The Hall–Kier alpha value is -3.56. The Morgan fingerprint density at radius 2 is 2.12 bits per heavy atom. The zero-order valence-electron chi connectivity index (χ0n) is 13.8. The average molecular weight is 357 g/mol. The van der Waals surface area contributed by atoms with Gasteiger partial charge in [0.15, 0.2) is 12.4 Å². The summed E-state index contributed by atoms with van der Waals surface area (Å²) in [5.41, 5.74) is 0.574. The van der Waals surface area contributed by atoms with Gasteiger partial charge in [-0.25, -0.2) is 0 Å². The second-order valence-corrected chi connectivity index (χ2v) is 5.26. The molecule has 0 atom stereocenters. The Labute approximate surface area is 147 Å². The topological polar surface area (TPSA) is 133 Å². The summed E-state index contributed by atoms with van der Waals surface area (Å²) in [6.07, 6.45) is 1.82. The number of hydrogen-bond acceptors (Lipinski definition) is 9. The van der Waals surface area contributed by atoms with E-state index in [1.807, 2.05) is 0 Å². The van der Waals surface area contributed by atoms with Crippen molar-refractivity contribution in [2.24, 2.45) is 0 Å². The lowest BCUT2D eigenvalue weighted by atomic mass is 10.3. The van der Waals surface area contributed by atoms with Crippen LogP contribution in [0.4, 0.5) is 5.82 Å². The molecule has 0 aliphatic rings. The first-order valence-corrected chi connectivity index (χ1v) is 7.73. The summed E-state index contributed by atoms with van der Waals surface area (Å²) in [5, 5.41) is 9.86. The molecule has 0 fully saturated rings. The third kappa shape index (κ3) is 4.72. The van der Waals surface area contributed by atoms with Gasteiger partial charge in [0, 0.05) is 18.7 Å². The van der Waals surface area contributed by atoms with Gasteiger partial charge in [-0.15, -0.1) is 0 Å². The van der Waals surface area contributed by atoms with Crippen molar-refractivity contribution in [1.82, 2.24) is 20.3 Å². The number of aryl methyl sites for hydroxylation is 2. The number of carbonyl (C=O) groups excluding carboxylic acids is 2. The number of aromatic nitrogens is 4. The van der Waals surface area contributed by atoms with E-state index in [2.05, 4.69) is 25.6 Å². The quantitative estimate of drug-likeness (QED) is 0.625. The van der Waals surface area contributed by atoms with Crippen molar-refractivity contribution in [1.29, 1.82) is 0 Å². The van der Waals surface area contributed by atoms with Crippen molar-refractivity contribution in [3.8, 4) is 11.5 Å². The van der Waals surface area contributed by atoms with E-state index in [1.165, 1.54) is 0 Å². The summed E-state index contributed by atoms with van der Waals surface area (Å²) in [4.78, 5) is 31.6. The highest BCUT2D eigenvalue weighted by molar-refractivity contribution is 5.91. The fourth-order valence-corrected chi connectivity index (χ4v) is 1.99. The Balaban J connectivity index is 1.41. The zero-order valence-corrected chi connectivity index (χ0v) is 13.8. The molecule has 134 valence electrons. The molecule has 3 rings (SSSR count). The summed E-state index contributed by atoms with van der Waals surface area (Å²) in [6, 6.07) is 6.88. The third-order valence-corrected chi connectivity index (χ3v) is 3.16. The van der Waals surface area contributed by atoms with Crippen molar-refractivity contribution in [3.63, 3.8) is 0 Å². The summed E-state index contributed by atoms with van der Waals surface area (Å²) < 4.78 is 14.8. The number of rotatable bonds is 7. The van der Waals surface area contributed by atoms with Crippen LogP contribution in [-0.2, 0) is 20.7 Å². The lowest BCUT2D eigenvalue weighted by Crippen LogP contribution is -2.21. The lowest BCUT2D eigenvalue weighted by Gasteiger charge is -2.03. The SMILES string of the molecule is Cc1cc(NC(=O)COC(=O)CCc2nc(-c3ccccn3)no2)no1. The number of nitrogens with one attached hydrogen (secondary N) is 1. The Kier molecular flexibility index (Phi) is 5.32. The first-order valence-electron chi connectivity index (χ1n) is 7.73. The minimum Gasteiger partial charge on any atom is -0.456 e. The molecule has 0 aliphatic heterocycles. The molecule has 3 aromatic rings. The number of amides is 1. The van der Waals surface area contributed by atoms with Crippen LogP contribution in [0.15, 0.2) is 39.5 Å². The van der Waals surface area contributed by atoms with E-state index in [4.69, 9.17) is 13.8 Å². The standard InChI is InChI=1S/C16H15N5O5/c1-10-8-12(20-25-10)18-13(22)9-24-15(23)6-5-14-19-16(21-26-14)11-4-2-3-7-17-11/h2-4,7-8H,5-6,9H2,1H3,(H,18,20,22). The highest BCUT2D eigenvalue weighted by Gasteiger charge is 2.13. The largest absolute Gasteiger partial charge is 0.456 e. The maximum atomic E-state index is 11.7. The van der Waals surface area contributed by atoms with Crippen LogP contribution < -0.4 is 5.32 Å². The minimum absolute atomic E-state index is 0.000198. The van der Waals surface area contributed by atoms with Gasteiger partial charge in [0.05, 0.1) is 6.42 Å². The molecule has 10 nitrogen and oxygen atoms in total. The van der Waals surface area contributed by atoms with Gasteiger partial charge in [0.2, 0.25) is 11.7 Å². The Morgan fingerprint density at radius 1 is 1.23 bits per heavy atom. The molecule has 0 saturated carbocycles. The molecule has 0 saturated heterocycles.